The Morgan fingerprint density at radius 1 is 1.24 bits per heavy atom. The van der Waals surface area contributed by atoms with E-state index in [0.29, 0.717) is 17.5 Å². The molecule has 126 valence electrons. The summed E-state index contributed by atoms with van der Waals surface area (Å²) in [6, 6.07) is 9.22. The number of aromatic amines is 1. The average Bonchev–Trinajstić information content (AvgIpc) is 3.27. The van der Waals surface area contributed by atoms with Crippen LogP contribution in [0.4, 0.5) is 0 Å². The molecule has 0 aliphatic heterocycles. The number of carbonyl (C=O) groups is 2. The third-order valence-electron chi connectivity index (χ3n) is 3.59. The number of aliphatic hydroxyl groups excluding tert-OH is 1. The fraction of sp³-hybridized carbons (Fsp3) is 0.111. The molecule has 0 atom stereocenters. The van der Waals surface area contributed by atoms with Gasteiger partial charge in [-0.3, -0.25) is 14.7 Å². The number of thiophene rings is 1. The Balaban J connectivity index is 1.70. The van der Waals surface area contributed by atoms with Gasteiger partial charge < -0.3 is 5.11 Å². The SMILES string of the molecule is CC(=O)c1ccc(Cc2cc(C(=O)C=C(O)c3nc[nH]n3)cs2)cc1. The molecule has 0 spiro atoms. The van der Waals surface area contributed by atoms with Crippen LogP contribution in [0.25, 0.3) is 5.76 Å². The van der Waals surface area contributed by atoms with Gasteiger partial charge in [0, 0.05) is 33.9 Å². The van der Waals surface area contributed by atoms with Crippen molar-refractivity contribution in [2.24, 2.45) is 0 Å². The maximum atomic E-state index is 12.2. The molecule has 6 nitrogen and oxygen atoms in total. The van der Waals surface area contributed by atoms with Crippen molar-refractivity contribution in [3.05, 3.63) is 75.5 Å². The topological polar surface area (TPSA) is 95.9 Å². The molecule has 7 heteroatoms. The molecule has 0 unspecified atom stereocenters. The van der Waals surface area contributed by atoms with Gasteiger partial charge in [-0.2, -0.15) is 5.10 Å². The van der Waals surface area contributed by atoms with Crippen LogP contribution in [-0.4, -0.2) is 31.9 Å². The Morgan fingerprint density at radius 2 is 2.00 bits per heavy atom. The van der Waals surface area contributed by atoms with Crippen molar-refractivity contribution in [3.63, 3.8) is 0 Å². The fourth-order valence-electron chi connectivity index (χ4n) is 2.27. The molecule has 2 heterocycles. The second-order valence-electron chi connectivity index (χ2n) is 5.45. The fourth-order valence-corrected chi connectivity index (χ4v) is 3.17. The monoisotopic (exact) mass is 353 g/mol. The molecule has 3 rings (SSSR count). The van der Waals surface area contributed by atoms with Crippen LogP contribution in [0.5, 0.6) is 0 Å². The maximum Gasteiger partial charge on any atom is 0.215 e. The van der Waals surface area contributed by atoms with Crippen molar-refractivity contribution in [3.8, 4) is 0 Å². The first-order valence-electron chi connectivity index (χ1n) is 7.51. The van der Waals surface area contributed by atoms with Gasteiger partial charge in [-0.05, 0) is 18.6 Å². The van der Waals surface area contributed by atoms with E-state index in [1.54, 1.807) is 23.6 Å². The van der Waals surface area contributed by atoms with E-state index >= 15 is 0 Å². The molecule has 0 saturated heterocycles. The first-order chi connectivity index (χ1) is 12.0. The molecule has 2 N–H and O–H groups in total. The van der Waals surface area contributed by atoms with E-state index in [1.807, 2.05) is 12.1 Å². The van der Waals surface area contributed by atoms with Crippen molar-refractivity contribution in [2.75, 3.05) is 0 Å². The van der Waals surface area contributed by atoms with Gasteiger partial charge >= 0.3 is 0 Å². The largest absolute Gasteiger partial charge is 0.504 e. The molecule has 3 aromatic rings. The number of hydrogen-bond donors (Lipinski definition) is 2. The third-order valence-corrected chi connectivity index (χ3v) is 4.53. The van der Waals surface area contributed by atoms with Crippen LogP contribution in [0.2, 0.25) is 0 Å². The minimum atomic E-state index is -0.309. The number of nitrogens with zero attached hydrogens (tertiary/aromatic N) is 2. The minimum absolute atomic E-state index is 0.0357. The van der Waals surface area contributed by atoms with E-state index in [1.165, 1.54) is 24.6 Å². The summed E-state index contributed by atoms with van der Waals surface area (Å²) < 4.78 is 0. The zero-order valence-electron chi connectivity index (χ0n) is 13.4. The van der Waals surface area contributed by atoms with Crippen molar-refractivity contribution in [1.82, 2.24) is 15.2 Å². The Kier molecular flexibility index (Phi) is 4.85. The third kappa shape index (κ3) is 4.07. The number of nitrogens with one attached hydrogen (secondary N) is 1. The van der Waals surface area contributed by atoms with Crippen LogP contribution in [0, 0.1) is 0 Å². The summed E-state index contributed by atoms with van der Waals surface area (Å²) in [6.07, 6.45) is 3.10. The van der Waals surface area contributed by atoms with Crippen LogP contribution >= 0.6 is 11.3 Å². The van der Waals surface area contributed by atoms with Crippen LogP contribution in [0.1, 0.15) is 43.9 Å². The van der Waals surface area contributed by atoms with E-state index in [-0.39, 0.29) is 23.2 Å². The first-order valence-corrected chi connectivity index (χ1v) is 8.39. The molecule has 0 aliphatic carbocycles. The predicted molar refractivity (Wildman–Crippen MR) is 94.9 cm³/mol. The quantitative estimate of drug-likeness (QED) is 0.402. The van der Waals surface area contributed by atoms with E-state index in [4.69, 9.17) is 0 Å². The number of aliphatic hydroxyl groups is 1. The molecule has 0 saturated carbocycles. The molecule has 25 heavy (non-hydrogen) atoms. The van der Waals surface area contributed by atoms with Crippen molar-refractivity contribution >= 4 is 28.7 Å². The molecule has 0 aliphatic rings. The molecule has 0 fully saturated rings. The lowest BCUT2D eigenvalue weighted by atomic mass is 10.1. The van der Waals surface area contributed by atoms with Gasteiger partial charge in [0.2, 0.25) is 5.82 Å². The number of rotatable bonds is 6. The van der Waals surface area contributed by atoms with E-state index < -0.39 is 0 Å². The lowest BCUT2D eigenvalue weighted by Crippen LogP contribution is -1.96. The van der Waals surface area contributed by atoms with Gasteiger partial charge in [0.05, 0.1) is 0 Å². The average molecular weight is 353 g/mol. The number of carbonyl (C=O) groups excluding carboxylic acids is 2. The molecular formula is C18H15N3O3S. The number of H-pyrrole nitrogens is 1. The molecular weight excluding hydrogens is 338 g/mol. The summed E-state index contributed by atoms with van der Waals surface area (Å²) in [4.78, 5) is 28.3. The number of Topliss-reactive ketones (excluding diaryl/α,β-unsaturated/α-hetero) is 1. The van der Waals surface area contributed by atoms with Crippen LogP contribution in [0.15, 0.2) is 48.1 Å². The van der Waals surface area contributed by atoms with Gasteiger partial charge in [0.15, 0.2) is 17.3 Å². The normalized spacial score (nSPS) is 11.5. The highest BCUT2D eigenvalue weighted by molar-refractivity contribution is 7.10. The summed E-state index contributed by atoms with van der Waals surface area (Å²) in [6.45, 7) is 1.54. The van der Waals surface area contributed by atoms with Gasteiger partial charge in [0.25, 0.3) is 0 Å². The highest BCUT2D eigenvalue weighted by Gasteiger charge is 2.11. The number of allylic oxidation sites excluding steroid dienone is 1. The van der Waals surface area contributed by atoms with Crippen LogP contribution in [0.3, 0.4) is 0 Å². The van der Waals surface area contributed by atoms with Crippen LogP contribution in [-0.2, 0) is 6.42 Å². The Morgan fingerprint density at radius 3 is 2.64 bits per heavy atom. The lowest BCUT2D eigenvalue weighted by Gasteiger charge is -2.00. The highest BCUT2D eigenvalue weighted by atomic mass is 32.1. The molecule has 0 amide bonds. The van der Waals surface area contributed by atoms with E-state index in [9.17, 15) is 14.7 Å². The summed E-state index contributed by atoms with van der Waals surface area (Å²) >= 11 is 1.47. The van der Waals surface area contributed by atoms with Gasteiger partial charge in [-0.1, -0.05) is 24.3 Å². The molecule has 1 aromatic carbocycles. The van der Waals surface area contributed by atoms with Crippen molar-refractivity contribution in [1.29, 1.82) is 0 Å². The summed E-state index contributed by atoms with van der Waals surface area (Å²) in [5.74, 6) is -0.474. The Bertz CT molecular complexity index is 925. The van der Waals surface area contributed by atoms with Crippen molar-refractivity contribution in [2.45, 2.75) is 13.3 Å². The number of ketones is 2. The van der Waals surface area contributed by atoms with E-state index in [0.717, 1.165) is 16.5 Å². The summed E-state index contributed by atoms with van der Waals surface area (Å²) in [5, 5.41) is 17.8. The smallest absolute Gasteiger partial charge is 0.215 e. The lowest BCUT2D eigenvalue weighted by molar-refractivity contribution is 0.101. The van der Waals surface area contributed by atoms with Gasteiger partial charge in [-0.25, -0.2) is 4.98 Å². The summed E-state index contributed by atoms with van der Waals surface area (Å²) in [5.41, 5.74) is 2.24. The van der Waals surface area contributed by atoms with Gasteiger partial charge in [-0.15, -0.1) is 11.3 Å². The Labute approximate surface area is 147 Å². The Hall–Kier alpha value is -3.06. The minimum Gasteiger partial charge on any atom is -0.504 e. The van der Waals surface area contributed by atoms with Crippen LogP contribution < -0.4 is 0 Å². The molecule has 0 bridgehead atoms. The highest BCUT2D eigenvalue weighted by Crippen LogP contribution is 2.20. The molecule has 0 radical (unpaired) electrons. The number of hydrogen-bond acceptors (Lipinski definition) is 6. The maximum absolute atomic E-state index is 12.2. The standard InChI is InChI=1S/C18H15N3O3S/c1-11(22)13-4-2-12(3-5-13)6-15-7-14(9-25-15)16(23)8-17(24)18-19-10-20-21-18/h2-5,7-10,24H,6H2,1H3,(H,19,20,21). The number of benzene rings is 1. The second-order valence-corrected chi connectivity index (χ2v) is 6.44. The zero-order chi connectivity index (χ0) is 17.8. The summed E-state index contributed by atoms with van der Waals surface area (Å²) in [7, 11) is 0. The van der Waals surface area contributed by atoms with Gasteiger partial charge in [0.1, 0.15) is 6.33 Å². The van der Waals surface area contributed by atoms with Crippen molar-refractivity contribution < 1.29 is 14.7 Å². The van der Waals surface area contributed by atoms with E-state index in [2.05, 4.69) is 15.2 Å². The first kappa shape index (κ1) is 16.8. The second kappa shape index (κ2) is 7.23. The number of aromatic nitrogens is 3. The zero-order valence-corrected chi connectivity index (χ0v) is 14.2. The predicted octanol–water partition coefficient (Wildman–Crippen LogP) is 3.44. The molecule has 2 aromatic heterocycles.